The maximum atomic E-state index is 11.5. The number of amides is 1. The minimum Gasteiger partial charge on any atom is -0.491 e. The number of nitrogens with one attached hydrogen (secondary N) is 2. The van der Waals surface area contributed by atoms with Crippen LogP contribution in [-0.2, 0) is 9.53 Å². The van der Waals surface area contributed by atoms with Gasteiger partial charge in [-0.3, -0.25) is 4.79 Å². The maximum Gasteiger partial charge on any atom is 0.247 e. The molecule has 8 nitrogen and oxygen atoms in total. The second-order valence-corrected chi connectivity index (χ2v) is 7.23. The van der Waals surface area contributed by atoms with Crippen LogP contribution >= 0.6 is 11.8 Å². The average molecular weight is 453 g/mol. The van der Waals surface area contributed by atoms with Gasteiger partial charge in [0.25, 0.3) is 0 Å². The van der Waals surface area contributed by atoms with E-state index in [1.54, 1.807) is 37.6 Å². The van der Waals surface area contributed by atoms with Crippen molar-refractivity contribution in [3.05, 3.63) is 67.4 Å². The second-order valence-electron chi connectivity index (χ2n) is 6.38. The van der Waals surface area contributed by atoms with Gasteiger partial charge >= 0.3 is 0 Å². The van der Waals surface area contributed by atoms with E-state index >= 15 is 0 Å². The van der Waals surface area contributed by atoms with Crippen molar-refractivity contribution in [3.63, 3.8) is 0 Å². The summed E-state index contributed by atoms with van der Waals surface area (Å²) in [6, 6.07) is 14.5. The van der Waals surface area contributed by atoms with Crippen molar-refractivity contribution < 1.29 is 19.0 Å². The molecule has 0 unspecified atom stereocenters. The Morgan fingerprint density at radius 2 is 1.94 bits per heavy atom. The first-order chi connectivity index (χ1) is 15.6. The van der Waals surface area contributed by atoms with Crippen LogP contribution in [-0.4, -0.2) is 42.5 Å². The Morgan fingerprint density at radius 1 is 1.12 bits per heavy atom. The fourth-order valence-corrected chi connectivity index (χ4v) is 3.00. The third-order valence-electron chi connectivity index (χ3n) is 4.11. The van der Waals surface area contributed by atoms with Crippen LogP contribution in [0.5, 0.6) is 17.4 Å². The lowest BCUT2D eigenvalue weighted by Crippen LogP contribution is -2.07. The topological polar surface area (TPSA) is 94.6 Å². The van der Waals surface area contributed by atoms with Gasteiger partial charge in [-0.1, -0.05) is 12.6 Å². The number of rotatable bonds is 11. The molecule has 0 saturated heterocycles. The Bertz CT molecular complexity index is 1060. The summed E-state index contributed by atoms with van der Waals surface area (Å²) in [5, 5.41) is 5.87. The Balaban J connectivity index is 1.72. The van der Waals surface area contributed by atoms with Crippen LogP contribution in [0.2, 0.25) is 0 Å². The highest BCUT2D eigenvalue weighted by molar-refractivity contribution is 7.98. The molecule has 0 atom stereocenters. The molecular weight excluding hydrogens is 428 g/mol. The highest BCUT2D eigenvalue weighted by atomic mass is 32.2. The summed E-state index contributed by atoms with van der Waals surface area (Å²) in [5.74, 6) is 1.78. The molecule has 1 aromatic heterocycles. The van der Waals surface area contributed by atoms with Gasteiger partial charge in [0.2, 0.25) is 17.7 Å². The second kappa shape index (κ2) is 11.7. The lowest BCUT2D eigenvalue weighted by Gasteiger charge is -2.12. The van der Waals surface area contributed by atoms with Crippen molar-refractivity contribution in [2.45, 2.75) is 4.90 Å². The standard InChI is InChI=1S/C23H24N4O4S/c1-4-21(28)25-17-6-5-7-19(14-17)31-22-20(32-3)15-24-23(27-22)26-16-8-10-18(11-9-16)30-13-12-29-2/h4-11,14-15H,1,12-13H2,2-3H3,(H,25,28)(H,24,26,27). The lowest BCUT2D eigenvalue weighted by atomic mass is 10.3. The predicted octanol–water partition coefficient (Wildman–Crippen LogP) is 4.88. The first kappa shape index (κ1) is 23.1. The van der Waals surface area contributed by atoms with Crippen molar-refractivity contribution in [3.8, 4) is 17.4 Å². The number of methoxy groups -OCH3 is 1. The molecule has 2 aromatic carbocycles. The van der Waals surface area contributed by atoms with Gasteiger partial charge in [-0.15, -0.1) is 11.8 Å². The summed E-state index contributed by atoms with van der Waals surface area (Å²) in [5.41, 5.74) is 1.40. The van der Waals surface area contributed by atoms with E-state index in [0.717, 1.165) is 16.3 Å². The first-order valence-corrected chi connectivity index (χ1v) is 10.9. The fourth-order valence-electron chi connectivity index (χ4n) is 2.58. The molecule has 0 aliphatic rings. The molecule has 0 aliphatic carbocycles. The minimum atomic E-state index is -0.296. The van der Waals surface area contributed by atoms with E-state index in [-0.39, 0.29) is 5.91 Å². The Kier molecular flexibility index (Phi) is 8.47. The van der Waals surface area contributed by atoms with Crippen LogP contribution in [0.4, 0.5) is 17.3 Å². The van der Waals surface area contributed by atoms with Gasteiger partial charge in [0.1, 0.15) is 18.1 Å². The van der Waals surface area contributed by atoms with Crippen molar-refractivity contribution in [2.24, 2.45) is 0 Å². The molecule has 3 aromatic rings. The summed E-state index contributed by atoms with van der Waals surface area (Å²) in [4.78, 5) is 21.2. The van der Waals surface area contributed by atoms with Crippen LogP contribution < -0.4 is 20.1 Å². The molecule has 0 bridgehead atoms. The molecule has 166 valence electrons. The summed E-state index contributed by atoms with van der Waals surface area (Å²) in [6.07, 6.45) is 4.82. The van der Waals surface area contributed by atoms with Crippen molar-refractivity contribution >= 4 is 35.0 Å². The monoisotopic (exact) mass is 452 g/mol. The third kappa shape index (κ3) is 6.73. The normalized spacial score (nSPS) is 10.3. The molecule has 2 N–H and O–H groups in total. The number of carbonyl (C=O) groups excluding carboxylic acids is 1. The van der Waals surface area contributed by atoms with E-state index in [1.165, 1.54) is 17.8 Å². The van der Waals surface area contributed by atoms with Gasteiger partial charge in [0, 0.05) is 30.7 Å². The molecule has 1 heterocycles. The number of carbonyl (C=O) groups is 1. The lowest BCUT2D eigenvalue weighted by molar-refractivity contribution is -0.111. The van der Waals surface area contributed by atoms with E-state index < -0.39 is 0 Å². The zero-order valence-corrected chi connectivity index (χ0v) is 18.6. The zero-order valence-electron chi connectivity index (χ0n) is 17.8. The minimum absolute atomic E-state index is 0.296. The number of benzene rings is 2. The summed E-state index contributed by atoms with van der Waals surface area (Å²) < 4.78 is 16.5. The predicted molar refractivity (Wildman–Crippen MR) is 126 cm³/mol. The number of hydrogen-bond acceptors (Lipinski definition) is 8. The molecular formula is C23H24N4O4S. The largest absolute Gasteiger partial charge is 0.491 e. The van der Waals surface area contributed by atoms with Crippen molar-refractivity contribution in [1.82, 2.24) is 9.97 Å². The molecule has 0 radical (unpaired) electrons. The highest BCUT2D eigenvalue weighted by Crippen LogP contribution is 2.31. The molecule has 1 amide bonds. The average Bonchev–Trinajstić information content (AvgIpc) is 2.81. The highest BCUT2D eigenvalue weighted by Gasteiger charge is 2.11. The van der Waals surface area contributed by atoms with Crippen LogP contribution in [0.25, 0.3) is 0 Å². The summed E-state index contributed by atoms with van der Waals surface area (Å²) >= 11 is 1.47. The number of hydrogen-bond donors (Lipinski definition) is 2. The van der Waals surface area contributed by atoms with Gasteiger partial charge in [-0.25, -0.2) is 4.98 Å². The van der Waals surface area contributed by atoms with Crippen LogP contribution in [0.1, 0.15) is 0 Å². The van der Waals surface area contributed by atoms with Gasteiger partial charge in [-0.05, 0) is 48.7 Å². The third-order valence-corrected chi connectivity index (χ3v) is 4.83. The number of thioether (sulfide) groups is 1. The van der Waals surface area contributed by atoms with E-state index in [2.05, 4.69) is 27.2 Å². The Hall–Kier alpha value is -3.56. The zero-order chi connectivity index (χ0) is 22.8. The Morgan fingerprint density at radius 3 is 2.66 bits per heavy atom. The SMILES string of the molecule is C=CC(=O)Nc1cccc(Oc2nc(Nc3ccc(OCCOC)cc3)ncc2SC)c1. The Labute approximate surface area is 191 Å². The van der Waals surface area contributed by atoms with Crippen LogP contribution in [0.15, 0.2) is 72.3 Å². The first-order valence-electron chi connectivity index (χ1n) is 9.72. The molecule has 3 rings (SSSR count). The van der Waals surface area contributed by atoms with Gasteiger partial charge < -0.3 is 24.8 Å². The smallest absolute Gasteiger partial charge is 0.247 e. The number of ether oxygens (including phenoxy) is 3. The van der Waals surface area contributed by atoms with Gasteiger partial charge in [0.05, 0.1) is 11.5 Å². The van der Waals surface area contributed by atoms with Crippen molar-refractivity contribution in [1.29, 1.82) is 0 Å². The summed E-state index contributed by atoms with van der Waals surface area (Å²) in [7, 11) is 1.63. The van der Waals surface area contributed by atoms with Crippen LogP contribution in [0, 0.1) is 0 Å². The van der Waals surface area contributed by atoms with E-state index in [0.29, 0.717) is 36.5 Å². The van der Waals surface area contributed by atoms with Gasteiger partial charge in [-0.2, -0.15) is 4.98 Å². The number of aromatic nitrogens is 2. The number of anilines is 3. The molecule has 0 spiro atoms. The fraction of sp³-hybridized carbons (Fsp3) is 0.174. The number of nitrogens with zero attached hydrogens (tertiary/aromatic N) is 2. The van der Waals surface area contributed by atoms with Crippen LogP contribution in [0.3, 0.4) is 0 Å². The van der Waals surface area contributed by atoms with E-state index in [4.69, 9.17) is 14.2 Å². The van der Waals surface area contributed by atoms with Crippen molar-refractivity contribution in [2.75, 3.05) is 37.2 Å². The van der Waals surface area contributed by atoms with Gasteiger partial charge in [0.15, 0.2) is 0 Å². The molecule has 0 saturated carbocycles. The molecule has 9 heteroatoms. The summed E-state index contributed by atoms with van der Waals surface area (Å²) in [6.45, 7) is 4.47. The van der Waals surface area contributed by atoms with E-state index in [9.17, 15) is 4.79 Å². The quantitative estimate of drug-likeness (QED) is 0.241. The molecule has 0 fully saturated rings. The van der Waals surface area contributed by atoms with E-state index in [1.807, 2.05) is 30.5 Å². The molecule has 0 aliphatic heterocycles. The molecule has 32 heavy (non-hydrogen) atoms. The maximum absolute atomic E-state index is 11.5.